The number of piperazine rings is 1. The van der Waals surface area contributed by atoms with Crippen molar-refractivity contribution < 1.29 is 23.8 Å². The van der Waals surface area contributed by atoms with E-state index in [0.29, 0.717) is 36.5 Å². The van der Waals surface area contributed by atoms with E-state index in [0.717, 1.165) is 36.6 Å². The summed E-state index contributed by atoms with van der Waals surface area (Å²) in [6.07, 6.45) is 2.63. The summed E-state index contributed by atoms with van der Waals surface area (Å²) in [4.78, 5) is 28.4. The third-order valence-electron chi connectivity index (χ3n) is 9.12. The van der Waals surface area contributed by atoms with Crippen molar-refractivity contribution in [2.45, 2.75) is 63.8 Å². The highest BCUT2D eigenvalue weighted by atomic mass is 35.5. The minimum absolute atomic E-state index is 0.00953. The van der Waals surface area contributed by atoms with Gasteiger partial charge in [-0.3, -0.25) is 0 Å². The molecule has 3 saturated heterocycles. The molecule has 45 heavy (non-hydrogen) atoms. The van der Waals surface area contributed by atoms with Crippen molar-refractivity contribution >= 4 is 45.2 Å². The lowest BCUT2D eigenvalue weighted by molar-refractivity contribution is 0.00844. The normalized spacial score (nSPS) is 21.8. The molecule has 7 rings (SSSR count). The standard InChI is InChI=1S/C34H37ClFN5O4/c1-34(2,3)45-33(43)40-16-21-13-22(17-40)41(21)31-26-15-27(35)28(25-14-23(42)12-19-8-5-6-10-24(19)25)29(36)30(26)37-32(38-31)44-18-20-9-7-11-39(20)4/h5-6,8,10,12,14-15,20-22,42H,7,9,11,13,16-18H2,1-4H3/t20-,21?,22?/m0/s1. The Balaban J connectivity index is 1.31. The van der Waals surface area contributed by atoms with Crippen LogP contribution in [0.2, 0.25) is 5.02 Å². The van der Waals surface area contributed by atoms with Gasteiger partial charge in [0.2, 0.25) is 0 Å². The Morgan fingerprint density at radius 2 is 1.87 bits per heavy atom. The highest BCUT2D eigenvalue weighted by molar-refractivity contribution is 6.35. The quantitative estimate of drug-likeness (QED) is 0.262. The second-order valence-electron chi connectivity index (χ2n) is 13.4. The van der Waals surface area contributed by atoms with E-state index < -0.39 is 11.4 Å². The van der Waals surface area contributed by atoms with Crippen LogP contribution < -0.4 is 9.64 Å². The minimum atomic E-state index is -0.610. The van der Waals surface area contributed by atoms with Crippen LogP contribution in [0.15, 0.2) is 42.5 Å². The van der Waals surface area contributed by atoms with Crippen molar-refractivity contribution in [2.24, 2.45) is 0 Å². The second kappa shape index (κ2) is 11.2. The Morgan fingerprint density at radius 3 is 2.58 bits per heavy atom. The molecule has 3 atom stereocenters. The van der Waals surface area contributed by atoms with Crippen LogP contribution in [0.25, 0.3) is 32.8 Å². The van der Waals surface area contributed by atoms with Gasteiger partial charge in [0.05, 0.1) is 17.1 Å². The first-order valence-corrected chi connectivity index (χ1v) is 15.9. The van der Waals surface area contributed by atoms with E-state index in [1.54, 1.807) is 17.0 Å². The predicted molar refractivity (Wildman–Crippen MR) is 173 cm³/mol. The topological polar surface area (TPSA) is 91.3 Å². The number of aromatic nitrogens is 2. The Bertz CT molecular complexity index is 1800. The van der Waals surface area contributed by atoms with Gasteiger partial charge in [-0.15, -0.1) is 0 Å². The highest BCUT2D eigenvalue weighted by Gasteiger charge is 2.48. The highest BCUT2D eigenvalue weighted by Crippen LogP contribution is 2.45. The monoisotopic (exact) mass is 633 g/mol. The van der Waals surface area contributed by atoms with Crippen molar-refractivity contribution in [2.75, 3.05) is 38.2 Å². The zero-order chi connectivity index (χ0) is 31.6. The number of ether oxygens (including phenoxy) is 2. The van der Waals surface area contributed by atoms with Gasteiger partial charge in [-0.1, -0.05) is 35.9 Å². The summed E-state index contributed by atoms with van der Waals surface area (Å²) in [7, 11) is 2.07. The van der Waals surface area contributed by atoms with Crippen LogP contribution in [0.5, 0.6) is 11.8 Å². The molecule has 2 bridgehead atoms. The van der Waals surface area contributed by atoms with E-state index in [1.165, 1.54) is 6.07 Å². The van der Waals surface area contributed by atoms with Crippen LogP contribution in [0.3, 0.4) is 0 Å². The lowest BCUT2D eigenvalue weighted by Gasteiger charge is -2.56. The lowest BCUT2D eigenvalue weighted by Crippen LogP contribution is -2.70. The molecule has 0 radical (unpaired) electrons. The third-order valence-corrected chi connectivity index (χ3v) is 9.42. The first-order valence-electron chi connectivity index (χ1n) is 15.5. The molecular weight excluding hydrogens is 597 g/mol. The summed E-state index contributed by atoms with van der Waals surface area (Å²) in [5.74, 6) is -0.0657. The first-order chi connectivity index (χ1) is 21.5. The molecule has 1 aromatic heterocycles. The number of halogens is 2. The van der Waals surface area contributed by atoms with Crippen LogP contribution in [0, 0.1) is 5.82 Å². The van der Waals surface area contributed by atoms with E-state index in [9.17, 15) is 9.90 Å². The summed E-state index contributed by atoms with van der Waals surface area (Å²) >= 11 is 6.88. The van der Waals surface area contributed by atoms with Crippen LogP contribution in [-0.2, 0) is 4.74 Å². The summed E-state index contributed by atoms with van der Waals surface area (Å²) in [6, 6.07) is 12.6. The van der Waals surface area contributed by atoms with E-state index in [-0.39, 0.29) is 52.1 Å². The van der Waals surface area contributed by atoms with Gasteiger partial charge >= 0.3 is 12.1 Å². The molecule has 3 aromatic carbocycles. The van der Waals surface area contributed by atoms with Gasteiger partial charge in [0.25, 0.3) is 0 Å². The molecule has 9 nitrogen and oxygen atoms in total. The maximum absolute atomic E-state index is 16.8. The van der Waals surface area contributed by atoms with Crippen LogP contribution in [0.4, 0.5) is 15.0 Å². The SMILES string of the molecule is CN1CCC[C@H]1COc1nc(N2C3CC2CN(C(=O)OC(C)(C)C)C3)c2cc(Cl)c(-c3cc(O)cc4ccccc34)c(F)c2n1. The van der Waals surface area contributed by atoms with Gasteiger partial charge in [-0.25, -0.2) is 9.18 Å². The molecule has 3 fully saturated rings. The number of anilines is 1. The first kappa shape index (κ1) is 29.8. The molecule has 3 aliphatic rings. The molecule has 0 spiro atoms. The van der Waals surface area contributed by atoms with Gasteiger partial charge in [0, 0.05) is 30.1 Å². The van der Waals surface area contributed by atoms with Crippen molar-refractivity contribution in [3.8, 4) is 22.9 Å². The molecule has 0 saturated carbocycles. The number of rotatable bonds is 5. The Labute approximate surface area is 266 Å². The summed E-state index contributed by atoms with van der Waals surface area (Å²) in [5.41, 5.74) is 0.130. The molecule has 4 aromatic rings. The molecule has 1 N–H and O–H groups in total. The molecule has 3 aliphatic heterocycles. The number of carbonyl (C=O) groups is 1. The fraction of sp³-hybridized carbons (Fsp3) is 0.441. The van der Waals surface area contributed by atoms with E-state index in [4.69, 9.17) is 26.1 Å². The predicted octanol–water partition coefficient (Wildman–Crippen LogP) is 6.62. The van der Waals surface area contributed by atoms with Crippen LogP contribution in [-0.4, -0.2) is 88.0 Å². The molecule has 4 heterocycles. The van der Waals surface area contributed by atoms with Gasteiger partial charge in [-0.2, -0.15) is 9.97 Å². The number of phenolic OH excluding ortho intramolecular Hbond substituents is 1. The number of aromatic hydroxyl groups is 1. The lowest BCUT2D eigenvalue weighted by atomic mass is 9.87. The molecule has 2 unspecified atom stereocenters. The van der Waals surface area contributed by atoms with Crippen LogP contribution in [0.1, 0.15) is 40.0 Å². The Kier molecular flexibility index (Phi) is 7.40. The maximum atomic E-state index is 16.8. The number of phenols is 1. The molecular formula is C34H37ClFN5O4. The molecule has 0 aliphatic carbocycles. The fourth-order valence-electron chi connectivity index (χ4n) is 6.96. The van der Waals surface area contributed by atoms with Crippen molar-refractivity contribution in [1.82, 2.24) is 19.8 Å². The van der Waals surface area contributed by atoms with Crippen LogP contribution >= 0.6 is 11.6 Å². The van der Waals surface area contributed by atoms with E-state index in [2.05, 4.69) is 21.8 Å². The number of amides is 1. The smallest absolute Gasteiger partial charge is 0.410 e. The number of likely N-dealkylation sites (tertiary alicyclic amines) is 2. The van der Waals surface area contributed by atoms with Crippen molar-refractivity contribution in [3.05, 3.63) is 53.3 Å². The molecule has 1 amide bonds. The third kappa shape index (κ3) is 5.48. The van der Waals surface area contributed by atoms with Gasteiger partial charge in [-0.05, 0) is 88.2 Å². The van der Waals surface area contributed by atoms with Crippen molar-refractivity contribution in [1.29, 1.82) is 0 Å². The fourth-order valence-corrected chi connectivity index (χ4v) is 7.26. The summed E-state index contributed by atoms with van der Waals surface area (Å²) < 4.78 is 28.6. The Morgan fingerprint density at radius 1 is 1.11 bits per heavy atom. The number of carbonyl (C=O) groups excluding carboxylic acids is 1. The van der Waals surface area contributed by atoms with Gasteiger partial charge < -0.3 is 29.3 Å². The number of likely N-dealkylation sites (N-methyl/N-ethyl adjacent to an activating group) is 1. The molecule has 11 heteroatoms. The summed E-state index contributed by atoms with van der Waals surface area (Å²) in [6.45, 7) is 7.87. The van der Waals surface area contributed by atoms with E-state index in [1.807, 2.05) is 45.0 Å². The maximum Gasteiger partial charge on any atom is 0.410 e. The average molecular weight is 634 g/mol. The van der Waals surface area contributed by atoms with E-state index >= 15 is 4.39 Å². The number of benzene rings is 3. The minimum Gasteiger partial charge on any atom is -0.508 e. The van der Waals surface area contributed by atoms with Crippen molar-refractivity contribution in [3.63, 3.8) is 0 Å². The Hall–Kier alpha value is -3.89. The number of fused-ring (bicyclic) bond motifs is 4. The number of hydrogen-bond donors (Lipinski definition) is 1. The largest absolute Gasteiger partial charge is 0.508 e. The summed E-state index contributed by atoms with van der Waals surface area (Å²) in [5, 5.41) is 12.7. The second-order valence-corrected chi connectivity index (χ2v) is 13.8. The number of hydrogen-bond acceptors (Lipinski definition) is 8. The van der Waals surface area contributed by atoms with Gasteiger partial charge in [0.1, 0.15) is 29.3 Å². The zero-order valence-electron chi connectivity index (χ0n) is 25.9. The van der Waals surface area contributed by atoms with Gasteiger partial charge in [0.15, 0.2) is 5.82 Å². The zero-order valence-corrected chi connectivity index (χ0v) is 26.6. The molecule has 236 valence electrons. The number of nitrogens with zero attached hydrogens (tertiary/aromatic N) is 5. The number of piperidine rings is 1. The average Bonchev–Trinajstić information content (AvgIpc) is 3.40.